The molecule has 0 spiro atoms. The molecule has 0 aliphatic rings. The van der Waals surface area contributed by atoms with Crippen LogP contribution in [0.3, 0.4) is 0 Å². The molecule has 0 aliphatic heterocycles. The van der Waals surface area contributed by atoms with Crippen molar-refractivity contribution in [2.75, 3.05) is 20.3 Å². The Kier molecular flexibility index (Phi) is 5.55. The molecule has 0 bridgehead atoms. The van der Waals surface area contributed by atoms with E-state index in [-0.39, 0.29) is 6.61 Å². The average molecular weight is 229 g/mol. The van der Waals surface area contributed by atoms with Gasteiger partial charge in [-0.3, -0.25) is 0 Å². The molecule has 15 heavy (non-hydrogen) atoms. The zero-order valence-electron chi connectivity index (χ0n) is 9.19. The van der Waals surface area contributed by atoms with Gasteiger partial charge in [0, 0.05) is 5.54 Å². The Morgan fingerprint density at radius 3 is 2.27 bits per heavy atom. The minimum Gasteiger partial charge on any atom is -0.394 e. The number of aliphatic hydroxyl groups is 1. The van der Waals surface area contributed by atoms with E-state index < -0.39 is 24.4 Å². The Morgan fingerprint density at radius 2 is 1.93 bits per heavy atom. The van der Waals surface area contributed by atoms with E-state index in [2.05, 4.69) is 10.1 Å². The van der Waals surface area contributed by atoms with E-state index >= 15 is 0 Å². The number of halogens is 3. The van der Waals surface area contributed by atoms with Crippen molar-refractivity contribution < 1.29 is 23.0 Å². The summed E-state index contributed by atoms with van der Waals surface area (Å²) >= 11 is 0. The minimum atomic E-state index is -4.30. The van der Waals surface area contributed by atoms with Crippen molar-refractivity contribution in [3.63, 3.8) is 0 Å². The third kappa shape index (κ3) is 6.70. The number of hydrogen-bond acceptors (Lipinski definition) is 3. The van der Waals surface area contributed by atoms with Gasteiger partial charge in [0.15, 0.2) is 0 Å². The number of ether oxygens (including phenoxy) is 1. The van der Waals surface area contributed by atoms with Crippen LogP contribution in [-0.4, -0.2) is 43.2 Å². The van der Waals surface area contributed by atoms with Crippen molar-refractivity contribution in [3.05, 3.63) is 0 Å². The third-order valence-corrected chi connectivity index (χ3v) is 2.22. The lowest BCUT2D eigenvalue weighted by molar-refractivity contribution is -0.185. The highest BCUT2D eigenvalue weighted by Crippen LogP contribution is 2.18. The first kappa shape index (κ1) is 14.7. The molecule has 0 saturated heterocycles. The zero-order valence-corrected chi connectivity index (χ0v) is 9.19. The van der Waals surface area contributed by atoms with Gasteiger partial charge in [-0.1, -0.05) is 0 Å². The van der Waals surface area contributed by atoms with Gasteiger partial charge in [-0.05, 0) is 27.3 Å². The number of aliphatic hydroxyl groups excluding tert-OH is 1. The van der Waals surface area contributed by atoms with Crippen LogP contribution in [0.15, 0.2) is 0 Å². The van der Waals surface area contributed by atoms with E-state index in [0.29, 0.717) is 6.42 Å². The van der Waals surface area contributed by atoms with Crippen LogP contribution in [0.2, 0.25) is 0 Å². The van der Waals surface area contributed by atoms with Crippen LogP contribution < -0.4 is 5.32 Å². The lowest BCUT2D eigenvalue weighted by Crippen LogP contribution is -2.46. The van der Waals surface area contributed by atoms with E-state index in [4.69, 9.17) is 5.11 Å². The van der Waals surface area contributed by atoms with E-state index in [1.165, 1.54) is 0 Å². The van der Waals surface area contributed by atoms with E-state index in [0.717, 1.165) is 0 Å². The number of rotatable bonds is 6. The van der Waals surface area contributed by atoms with Gasteiger partial charge in [0.05, 0.1) is 12.7 Å². The van der Waals surface area contributed by atoms with Crippen LogP contribution in [0.5, 0.6) is 0 Å². The first-order valence-corrected chi connectivity index (χ1v) is 4.70. The second-order valence-corrected chi connectivity index (χ2v) is 3.91. The monoisotopic (exact) mass is 229 g/mol. The molecule has 0 aromatic heterocycles. The molecule has 0 radical (unpaired) electrons. The molecule has 0 amide bonds. The molecule has 2 unspecified atom stereocenters. The number of nitrogens with one attached hydrogen (secondary N) is 1. The van der Waals surface area contributed by atoms with Gasteiger partial charge in [0.25, 0.3) is 0 Å². The lowest BCUT2D eigenvalue weighted by Gasteiger charge is -2.30. The molecular formula is C9H18F3NO2. The first-order valence-electron chi connectivity index (χ1n) is 4.70. The highest BCUT2D eigenvalue weighted by atomic mass is 19.4. The van der Waals surface area contributed by atoms with E-state index in [9.17, 15) is 13.2 Å². The van der Waals surface area contributed by atoms with Gasteiger partial charge in [-0.2, -0.15) is 13.2 Å². The fourth-order valence-corrected chi connectivity index (χ4v) is 1.18. The molecule has 0 aromatic rings. The summed E-state index contributed by atoms with van der Waals surface area (Å²) in [4.78, 5) is 0. The molecule has 92 valence electrons. The quantitative estimate of drug-likeness (QED) is 0.721. The summed E-state index contributed by atoms with van der Waals surface area (Å²) in [7, 11) is 1.65. The maximum atomic E-state index is 11.8. The van der Waals surface area contributed by atoms with Gasteiger partial charge >= 0.3 is 6.18 Å². The van der Waals surface area contributed by atoms with Crippen LogP contribution in [0, 0.1) is 0 Å². The molecule has 2 atom stereocenters. The fraction of sp³-hybridized carbons (Fsp3) is 1.00. The van der Waals surface area contributed by atoms with Gasteiger partial charge in [0.2, 0.25) is 0 Å². The summed E-state index contributed by atoms with van der Waals surface area (Å²) in [5.41, 5.74) is -0.606. The van der Waals surface area contributed by atoms with Crippen molar-refractivity contribution in [1.82, 2.24) is 5.32 Å². The zero-order chi connectivity index (χ0) is 12.1. The SMILES string of the molecule is CNC(C)(CO)CC(C)OCC(F)(F)F. The summed E-state index contributed by atoms with van der Waals surface area (Å²) < 4.78 is 40.1. The maximum Gasteiger partial charge on any atom is 0.411 e. The van der Waals surface area contributed by atoms with Crippen molar-refractivity contribution in [1.29, 1.82) is 0 Å². The Bertz CT molecular complexity index is 181. The molecular weight excluding hydrogens is 211 g/mol. The van der Waals surface area contributed by atoms with Gasteiger partial charge in [0.1, 0.15) is 6.61 Å². The number of alkyl halides is 3. The van der Waals surface area contributed by atoms with Gasteiger partial charge in [-0.25, -0.2) is 0 Å². The molecule has 3 nitrogen and oxygen atoms in total. The molecule has 0 heterocycles. The summed E-state index contributed by atoms with van der Waals surface area (Å²) in [5.74, 6) is 0. The van der Waals surface area contributed by atoms with E-state index in [1.54, 1.807) is 20.9 Å². The third-order valence-electron chi connectivity index (χ3n) is 2.22. The second kappa shape index (κ2) is 5.67. The van der Waals surface area contributed by atoms with Gasteiger partial charge < -0.3 is 15.2 Å². The maximum absolute atomic E-state index is 11.8. The van der Waals surface area contributed by atoms with Gasteiger partial charge in [-0.15, -0.1) is 0 Å². The summed E-state index contributed by atoms with van der Waals surface area (Å²) in [6.45, 7) is 1.88. The average Bonchev–Trinajstić information content (AvgIpc) is 2.13. The standard InChI is InChI=1S/C9H18F3NO2/c1-7(15-6-9(10,11)12)4-8(2,5-14)13-3/h7,13-14H,4-6H2,1-3H3. The molecule has 0 aromatic carbocycles. The van der Waals surface area contributed by atoms with Crippen LogP contribution in [-0.2, 0) is 4.74 Å². The first-order chi connectivity index (χ1) is 6.72. The Labute approximate surface area is 87.6 Å². The predicted octanol–water partition coefficient (Wildman–Crippen LogP) is 1.31. The molecule has 0 saturated carbocycles. The summed E-state index contributed by atoms with van der Waals surface area (Å²) in [6.07, 6.45) is -4.55. The predicted molar refractivity (Wildman–Crippen MR) is 50.6 cm³/mol. The summed E-state index contributed by atoms with van der Waals surface area (Å²) in [6, 6.07) is 0. The van der Waals surface area contributed by atoms with Crippen molar-refractivity contribution >= 4 is 0 Å². The highest BCUT2D eigenvalue weighted by Gasteiger charge is 2.30. The normalized spacial score (nSPS) is 18.6. The van der Waals surface area contributed by atoms with Crippen molar-refractivity contribution in [2.45, 2.75) is 38.1 Å². The molecule has 0 aliphatic carbocycles. The van der Waals surface area contributed by atoms with E-state index in [1.807, 2.05) is 0 Å². The van der Waals surface area contributed by atoms with Crippen LogP contribution >= 0.6 is 0 Å². The molecule has 6 heteroatoms. The Morgan fingerprint density at radius 1 is 1.40 bits per heavy atom. The highest BCUT2D eigenvalue weighted by molar-refractivity contribution is 4.82. The molecule has 0 rings (SSSR count). The smallest absolute Gasteiger partial charge is 0.394 e. The minimum absolute atomic E-state index is 0.150. The topological polar surface area (TPSA) is 41.5 Å². The number of hydrogen-bond donors (Lipinski definition) is 2. The van der Waals surface area contributed by atoms with Crippen LogP contribution in [0.4, 0.5) is 13.2 Å². The van der Waals surface area contributed by atoms with Crippen LogP contribution in [0.1, 0.15) is 20.3 Å². The second-order valence-electron chi connectivity index (χ2n) is 3.91. The lowest BCUT2D eigenvalue weighted by atomic mass is 9.96. The molecule has 2 N–H and O–H groups in total. The van der Waals surface area contributed by atoms with Crippen molar-refractivity contribution in [3.8, 4) is 0 Å². The van der Waals surface area contributed by atoms with Crippen molar-refractivity contribution in [2.24, 2.45) is 0 Å². The fourth-order valence-electron chi connectivity index (χ4n) is 1.18. The van der Waals surface area contributed by atoms with Crippen LogP contribution in [0.25, 0.3) is 0 Å². The number of likely N-dealkylation sites (N-methyl/N-ethyl adjacent to an activating group) is 1. The Balaban J connectivity index is 3.97. The summed E-state index contributed by atoms with van der Waals surface area (Å²) in [5, 5.41) is 11.9. The largest absolute Gasteiger partial charge is 0.411 e. The Hall–Kier alpha value is -0.330. The molecule has 0 fully saturated rings.